The predicted molar refractivity (Wildman–Crippen MR) is 59.8 cm³/mol. The maximum Gasteiger partial charge on any atom is 0.410 e. The topological polar surface area (TPSA) is 41.6 Å². The summed E-state index contributed by atoms with van der Waals surface area (Å²) >= 11 is 0. The first-order valence-corrected chi connectivity index (χ1v) is 5.37. The highest BCUT2D eigenvalue weighted by Gasteiger charge is 2.34. The van der Waals surface area contributed by atoms with Crippen molar-refractivity contribution >= 4 is 6.09 Å². The first-order valence-electron chi connectivity index (χ1n) is 5.37. The van der Waals surface area contributed by atoms with Crippen LogP contribution in [-0.2, 0) is 4.74 Å². The van der Waals surface area contributed by atoms with Gasteiger partial charge in [-0.15, -0.1) is 0 Å². The minimum Gasteiger partial charge on any atom is -0.444 e. The summed E-state index contributed by atoms with van der Waals surface area (Å²) in [6, 6.07) is 0. The summed E-state index contributed by atoms with van der Waals surface area (Å²) < 4.78 is 5.28. The van der Waals surface area contributed by atoms with Crippen molar-refractivity contribution in [3.8, 4) is 0 Å². The summed E-state index contributed by atoms with van der Waals surface area (Å²) in [7, 11) is 1.79. The van der Waals surface area contributed by atoms with Crippen LogP contribution in [0.4, 0.5) is 4.79 Å². The van der Waals surface area contributed by atoms with Crippen molar-refractivity contribution in [1.82, 2.24) is 10.2 Å². The molecule has 0 radical (unpaired) electrons. The van der Waals surface area contributed by atoms with E-state index in [2.05, 4.69) is 12.2 Å². The molecule has 1 aliphatic heterocycles. The van der Waals surface area contributed by atoms with Gasteiger partial charge in [0.15, 0.2) is 0 Å². The van der Waals surface area contributed by atoms with Gasteiger partial charge in [0.2, 0.25) is 0 Å². The number of hydrogen-bond donors (Lipinski definition) is 1. The van der Waals surface area contributed by atoms with Crippen LogP contribution in [0.25, 0.3) is 0 Å². The van der Waals surface area contributed by atoms with Crippen LogP contribution in [0.3, 0.4) is 0 Å². The SMILES string of the molecule is CN(CC1(C)CNC1)C(=O)OC(C)(C)C. The van der Waals surface area contributed by atoms with Gasteiger partial charge < -0.3 is 15.0 Å². The Morgan fingerprint density at radius 2 is 2.00 bits per heavy atom. The highest BCUT2D eigenvalue weighted by molar-refractivity contribution is 5.67. The van der Waals surface area contributed by atoms with E-state index in [1.807, 2.05) is 20.8 Å². The second-order valence-corrected chi connectivity index (χ2v) is 5.75. The van der Waals surface area contributed by atoms with Gasteiger partial charge in [-0.2, -0.15) is 0 Å². The fourth-order valence-electron chi connectivity index (χ4n) is 1.64. The Balaban J connectivity index is 2.39. The van der Waals surface area contributed by atoms with E-state index in [0.29, 0.717) is 0 Å². The van der Waals surface area contributed by atoms with Crippen molar-refractivity contribution in [3.05, 3.63) is 0 Å². The lowest BCUT2D eigenvalue weighted by atomic mass is 9.84. The third kappa shape index (κ3) is 3.70. The zero-order valence-corrected chi connectivity index (χ0v) is 10.4. The molecule has 0 atom stereocenters. The first kappa shape index (κ1) is 12.3. The fourth-order valence-corrected chi connectivity index (χ4v) is 1.64. The summed E-state index contributed by atoms with van der Waals surface area (Å²) in [5.74, 6) is 0. The summed E-state index contributed by atoms with van der Waals surface area (Å²) in [4.78, 5) is 13.3. The van der Waals surface area contributed by atoms with E-state index in [4.69, 9.17) is 4.74 Å². The van der Waals surface area contributed by atoms with Gasteiger partial charge in [0.25, 0.3) is 0 Å². The summed E-state index contributed by atoms with van der Waals surface area (Å²) in [5.41, 5.74) is -0.199. The third-order valence-electron chi connectivity index (χ3n) is 2.43. The van der Waals surface area contributed by atoms with E-state index in [1.165, 1.54) is 0 Å². The van der Waals surface area contributed by atoms with Gasteiger partial charge in [-0.25, -0.2) is 4.79 Å². The minimum absolute atomic E-state index is 0.214. The van der Waals surface area contributed by atoms with Crippen LogP contribution in [0, 0.1) is 5.41 Å². The smallest absolute Gasteiger partial charge is 0.410 e. The monoisotopic (exact) mass is 214 g/mol. The van der Waals surface area contributed by atoms with Crippen molar-refractivity contribution in [2.45, 2.75) is 33.3 Å². The average Bonchev–Trinajstić information content (AvgIpc) is 1.98. The third-order valence-corrected chi connectivity index (χ3v) is 2.43. The Hall–Kier alpha value is -0.770. The molecule has 4 heteroatoms. The van der Waals surface area contributed by atoms with E-state index >= 15 is 0 Å². The number of carbonyl (C=O) groups excluding carboxylic acids is 1. The van der Waals surface area contributed by atoms with E-state index in [9.17, 15) is 4.79 Å². The normalized spacial score (nSPS) is 19.3. The molecule has 1 fully saturated rings. The molecule has 0 aromatic carbocycles. The van der Waals surface area contributed by atoms with Gasteiger partial charge >= 0.3 is 6.09 Å². The van der Waals surface area contributed by atoms with Gasteiger partial charge in [-0.3, -0.25) is 0 Å². The maximum atomic E-state index is 11.7. The van der Waals surface area contributed by atoms with E-state index in [0.717, 1.165) is 19.6 Å². The number of nitrogens with one attached hydrogen (secondary N) is 1. The first-order chi connectivity index (χ1) is 6.72. The number of rotatable bonds is 2. The largest absolute Gasteiger partial charge is 0.444 e. The van der Waals surface area contributed by atoms with Gasteiger partial charge in [-0.1, -0.05) is 6.92 Å². The lowest BCUT2D eigenvalue weighted by Crippen LogP contribution is -2.57. The minimum atomic E-state index is -0.413. The molecule has 1 saturated heterocycles. The van der Waals surface area contributed by atoms with Crippen LogP contribution in [-0.4, -0.2) is 43.3 Å². The standard InChI is InChI=1S/C11H22N2O2/c1-10(2,3)15-9(14)13(5)8-11(4)6-12-7-11/h12H,6-8H2,1-5H3. The zero-order valence-electron chi connectivity index (χ0n) is 10.4. The van der Waals surface area contributed by atoms with Crippen molar-refractivity contribution in [1.29, 1.82) is 0 Å². The summed E-state index contributed by atoms with van der Waals surface area (Å²) in [6.45, 7) is 10.5. The molecule has 0 aliphatic carbocycles. The van der Waals surface area contributed by atoms with Gasteiger partial charge in [-0.05, 0) is 20.8 Å². The molecule has 4 nitrogen and oxygen atoms in total. The quantitative estimate of drug-likeness (QED) is 0.756. The van der Waals surface area contributed by atoms with Crippen molar-refractivity contribution < 1.29 is 9.53 Å². The van der Waals surface area contributed by atoms with Crippen molar-refractivity contribution in [3.63, 3.8) is 0 Å². The van der Waals surface area contributed by atoms with E-state index in [1.54, 1.807) is 11.9 Å². The van der Waals surface area contributed by atoms with Crippen molar-refractivity contribution in [2.24, 2.45) is 5.41 Å². The molecular weight excluding hydrogens is 192 g/mol. The van der Waals surface area contributed by atoms with Crippen LogP contribution in [0.1, 0.15) is 27.7 Å². The highest BCUT2D eigenvalue weighted by atomic mass is 16.6. The molecule has 1 rings (SSSR count). The average molecular weight is 214 g/mol. The fraction of sp³-hybridized carbons (Fsp3) is 0.909. The van der Waals surface area contributed by atoms with Crippen LogP contribution in [0.2, 0.25) is 0 Å². The number of hydrogen-bond acceptors (Lipinski definition) is 3. The molecule has 15 heavy (non-hydrogen) atoms. The van der Waals surface area contributed by atoms with E-state index < -0.39 is 5.60 Å². The summed E-state index contributed by atoms with van der Waals surface area (Å²) in [6.07, 6.45) is -0.240. The highest BCUT2D eigenvalue weighted by Crippen LogP contribution is 2.22. The number of carbonyl (C=O) groups is 1. The number of amides is 1. The Morgan fingerprint density at radius 1 is 1.47 bits per heavy atom. The second kappa shape index (κ2) is 4.00. The van der Waals surface area contributed by atoms with Gasteiger partial charge in [0.1, 0.15) is 5.60 Å². The van der Waals surface area contributed by atoms with Crippen LogP contribution >= 0.6 is 0 Å². The molecule has 1 aliphatic rings. The summed E-state index contributed by atoms with van der Waals surface area (Å²) in [5, 5.41) is 3.22. The number of ether oxygens (including phenoxy) is 1. The van der Waals surface area contributed by atoms with Crippen molar-refractivity contribution in [2.75, 3.05) is 26.7 Å². The molecular formula is C11H22N2O2. The molecule has 0 saturated carbocycles. The molecule has 0 spiro atoms. The molecule has 1 amide bonds. The van der Waals surface area contributed by atoms with Gasteiger partial charge in [0.05, 0.1) is 0 Å². The Labute approximate surface area is 92.0 Å². The molecule has 0 bridgehead atoms. The maximum absolute atomic E-state index is 11.7. The Bertz CT molecular complexity index is 241. The van der Waals surface area contributed by atoms with Crippen LogP contribution in [0.15, 0.2) is 0 Å². The van der Waals surface area contributed by atoms with Gasteiger partial charge in [0, 0.05) is 32.1 Å². The number of nitrogens with zero attached hydrogens (tertiary/aromatic N) is 1. The predicted octanol–water partition coefficient (Wildman–Crippen LogP) is 1.46. The second-order valence-electron chi connectivity index (χ2n) is 5.75. The molecule has 0 aromatic rings. The Morgan fingerprint density at radius 3 is 2.33 bits per heavy atom. The molecule has 88 valence electrons. The molecule has 0 aromatic heterocycles. The lowest BCUT2D eigenvalue weighted by molar-refractivity contribution is 0.0180. The molecule has 0 unspecified atom stereocenters. The lowest BCUT2D eigenvalue weighted by Gasteiger charge is -2.42. The molecule has 1 heterocycles. The molecule has 1 N–H and O–H groups in total. The van der Waals surface area contributed by atoms with E-state index in [-0.39, 0.29) is 11.5 Å². The Kier molecular flexibility index (Phi) is 3.28. The van der Waals surface area contributed by atoms with Crippen LogP contribution < -0.4 is 5.32 Å². The van der Waals surface area contributed by atoms with Crippen LogP contribution in [0.5, 0.6) is 0 Å². The zero-order chi connectivity index (χ0) is 11.7.